The third kappa shape index (κ3) is 3.39. The molecule has 100 valence electrons. The van der Waals surface area contributed by atoms with Crippen LogP contribution in [0, 0.1) is 10.1 Å². The minimum Gasteiger partial charge on any atom is -0.399 e. The van der Waals surface area contributed by atoms with Crippen molar-refractivity contribution in [1.29, 1.82) is 0 Å². The van der Waals surface area contributed by atoms with Gasteiger partial charge in [0.15, 0.2) is 4.90 Å². The predicted octanol–water partition coefficient (Wildman–Crippen LogP) is 0.102. The number of nitrogen functional groups attached to an aromatic ring is 1. The average Bonchev–Trinajstić information content (AvgIpc) is 2.28. The molecule has 0 atom stereocenters. The lowest BCUT2D eigenvalue weighted by Gasteiger charge is -2.07. The number of anilines is 1. The molecule has 0 saturated carbocycles. The number of benzene rings is 1. The zero-order valence-electron chi connectivity index (χ0n) is 9.62. The Morgan fingerprint density at radius 2 is 2.17 bits per heavy atom. The Morgan fingerprint density at radius 1 is 1.50 bits per heavy atom. The SMILES string of the molecule is COCCNS(=O)(=O)c1cc(N)ccc1[N+](=O)[O-]. The molecule has 0 amide bonds. The van der Waals surface area contributed by atoms with Crippen molar-refractivity contribution in [3.63, 3.8) is 0 Å². The highest BCUT2D eigenvalue weighted by Gasteiger charge is 2.25. The van der Waals surface area contributed by atoms with Gasteiger partial charge >= 0.3 is 0 Å². The number of hydrogen-bond acceptors (Lipinski definition) is 6. The van der Waals surface area contributed by atoms with Crippen molar-refractivity contribution >= 4 is 21.4 Å². The number of nitrogens with one attached hydrogen (secondary N) is 1. The molecular weight excluding hydrogens is 262 g/mol. The number of rotatable bonds is 6. The molecule has 0 unspecified atom stereocenters. The topological polar surface area (TPSA) is 125 Å². The van der Waals surface area contributed by atoms with E-state index in [1.54, 1.807) is 0 Å². The Balaban J connectivity index is 3.14. The Labute approximate surface area is 104 Å². The van der Waals surface area contributed by atoms with E-state index in [0.717, 1.165) is 12.1 Å². The lowest BCUT2D eigenvalue weighted by atomic mass is 10.3. The largest absolute Gasteiger partial charge is 0.399 e. The number of methoxy groups -OCH3 is 1. The molecule has 0 bridgehead atoms. The Hall–Kier alpha value is -1.71. The van der Waals surface area contributed by atoms with Gasteiger partial charge in [-0.15, -0.1) is 0 Å². The summed E-state index contributed by atoms with van der Waals surface area (Å²) in [6.45, 7) is 0.181. The Kier molecular flexibility index (Phi) is 4.59. The Bertz CT molecular complexity index is 543. The van der Waals surface area contributed by atoms with Crippen molar-refractivity contribution in [2.45, 2.75) is 4.90 Å². The van der Waals surface area contributed by atoms with E-state index in [1.807, 2.05) is 0 Å². The van der Waals surface area contributed by atoms with Gasteiger partial charge in [-0.2, -0.15) is 0 Å². The van der Waals surface area contributed by atoms with Gasteiger partial charge in [-0.25, -0.2) is 13.1 Å². The van der Waals surface area contributed by atoms with Crippen molar-refractivity contribution in [2.75, 3.05) is 26.0 Å². The van der Waals surface area contributed by atoms with Crippen LogP contribution >= 0.6 is 0 Å². The molecule has 1 rings (SSSR count). The molecule has 0 aliphatic rings. The van der Waals surface area contributed by atoms with Gasteiger partial charge in [-0.1, -0.05) is 0 Å². The predicted molar refractivity (Wildman–Crippen MR) is 64.6 cm³/mol. The first kappa shape index (κ1) is 14.4. The number of hydrogen-bond donors (Lipinski definition) is 2. The fraction of sp³-hybridized carbons (Fsp3) is 0.333. The van der Waals surface area contributed by atoms with Gasteiger partial charge in [0.25, 0.3) is 5.69 Å². The van der Waals surface area contributed by atoms with Crippen LogP contribution in [0.5, 0.6) is 0 Å². The van der Waals surface area contributed by atoms with Crippen molar-refractivity contribution in [1.82, 2.24) is 4.72 Å². The number of nitro benzene ring substituents is 1. The molecule has 18 heavy (non-hydrogen) atoms. The first-order valence-electron chi connectivity index (χ1n) is 4.91. The van der Waals surface area contributed by atoms with Gasteiger partial charge in [0.1, 0.15) is 0 Å². The molecule has 9 heteroatoms. The highest BCUT2D eigenvalue weighted by atomic mass is 32.2. The number of nitrogens with two attached hydrogens (primary N) is 1. The van der Waals surface area contributed by atoms with Gasteiger partial charge in [0.05, 0.1) is 11.5 Å². The van der Waals surface area contributed by atoms with Crippen LogP contribution in [0.2, 0.25) is 0 Å². The molecule has 0 heterocycles. The lowest BCUT2D eigenvalue weighted by Crippen LogP contribution is -2.27. The summed E-state index contributed by atoms with van der Waals surface area (Å²) in [6, 6.07) is 3.37. The molecule has 0 radical (unpaired) electrons. The maximum atomic E-state index is 11.9. The number of ether oxygens (including phenoxy) is 1. The van der Waals surface area contributed by atoms with Crippen LogP contribution in [-0.2, 0) is 14.8 Å². The summed E-state index contributed by atoms with van der Waals surface area (Å²) in [5.41, 5.74) is 5.05. The number of sulfonamides is 1. The summed E-state index contributed by atoms with van der Waals surface area (Å²) in [5.74, 6) is 0. The summed E-state index contributed by atoms with van der Waals surface area (Å²) in [5, 5.41) is 10.8. The van der Waals surface area contributed by atoms with E-state index in [2.05, 4.69) is 9.46 Å². The lowest BCUT2D eigenvalue weighted by molar-refractivity contribution is -0.387. The van der Waals surface area contributed by atoms with Crippen LogP contribution in [0.3, 0.4) is 0 Å². The van der Waals surface area contributed by atoms with Crippen LogP contribution in [0.4, 0.5) is 11.4 Å². The zero-order chi connectivity index (χ0) is 13.8. The molecule has 1 aromatic carbocycles. The molecular formula is C9H13N3O5S. The molecule has 0 aromatic heterocycles. The summed E-state index contributed by atoms with van der Waals surface area (Å²) >= 11 is 0. The van der Waals surface area contributed by atoms with Crippen LogP contribution < -0.4 is 10.5 Å². The summed E-state index contributed by atoms with van der Waals surface area (Å²) in [6.07, 6.45) is 0. The van der Waals surface area contributed by atoms with Gasteiger partial charge in [0.2, 0.25) is 10.0 Å². The third-order valence-electron chi connectivity index (χ3n) is 2.07. The second kappa shape index (κ2) is 5.76. The fourth-order valence-corrected chi connectivity index (χ4v) is 2.47. The average molecular weight is 275 g/mol. The summed E-state index contributed by atoms with van der Waals surface area (Å²) < 4.78 is 30.6. The van der Waals surface area contributed by atoms with Gasteiger partial charge < -0.3 is 10.5 Å². The smallest absolute Gasteiger partial charge is 0.289 e. The molecule has 3 N–H and O–H groups in total. The molecule has 8 nitrogen and oxygen atoms in total. The molecule has 0 fully saturated rings. The summed E-state index contributed by atoms with van der Waals surface area (Å²) in [4.78, 5) is 9.53. The fourth-order valence-electron chi connectivity index (χ4n) is 1.25. The minimum atomic E-state index is -3.98. The van der Waals surface area contributed by atoms with Crippen molar-refractivity contribution in [3.05, 3.63) is 28.3 Å². The second-order valence-corrected chi connectivity index (χ2v) is 5.11. The van der Waals surface area contributed by atoms with E-state index >= 15 is 0 Å². The van der Waals surface area contributed by atoms with Gasteiger partial charge in [-0.3, -0.25) is 10.1 Å². The van der Waals surface area contributed by atoms with E-state index < -0.39 is 25.5 Å². The van der Waals surface area contributed by atoms with Gasteiger partial charge in [-0.05, 0) is 12.1 Å². The zero-order valence-corrected chi connectivity index (χ0v) is 10.4. The van der Waals surface area contributed by atoms with E-state index in [4.69, 9.17) is 5.73 Å². The number of nitrogens with zero attached hydrogens (tertiary/aromatic N) is 1. The molecule has 0 aliphatic carbocycles. The molecule has 1 aromatic rings. The quantitative estimate of drug-likeness (QED) is 0.328. The molecule has 0 spiro atoms. The number of nitro groups is 1. The molecule has 0 aliphatic heterocycles. The van der Waals surface area contributed by atoms with Crippen molar-refractivity contribution in [3.8, 4) is 0 Å². The van der Waals surface area contributed by atoms with E-state index in [1.165, 1.54) is 13.2 Å². The molecule has 0 saturated heterocycles. The Morgan fingerprint density at radius 3 is 2.72 bits per heavy atom. The third-order valence-corrected chi connectivity index (χ3v) is 3.56. The van der Waals surface area contributed by atoms with Crippen LogP contribution in [0.25, 0.3) is 0 Å². The van der Waals surface area contributed by atoms with E-state index in [-0.39, 0.29) is 18.8 Å². The maximum Gasteiger partial charge on any atom is 0.289 e. The van der Waals surface area contributed by atoms with Crippen molar-refractivity contribution < 1.29 is 18.1 Å². The second-order valence-electron chi connectivity index (χ2n) is 3.37. The van der Waals surface area contributed by atoms with E-state index in [9.17, 15) is 18.5 Å². The van der Waals surface area contributed by atoms with Crippen molar-refractivity contribution in [2.24, 2.45) is 0 Å². The van der Waals surface area contributed by atoms with Crippen LogP contribution in [-0.4, -0.2) is 33.6 Å². The standard InChI is InChI=1S/C9H13N3O5S/c1-17-5-4-11-18(15,16)9-6-7(10)2-3-8(9)12(13)14/h2-3,6,11H,4-5,10H2,1H3. The first-order chi connectivity index (χ1) is 8.38. The van der Waals surface area contributed by atoms with Gasteiger partial charge in [0, 0.05) is 25.4 Å². The highest BCUT2D eigenvalue weighted by molar-refractivity contribution is 7.89. The summed E-state index contributed by atoms with van der Waals surface area (Å²) in [7, 11) is -2.57. The van der Waals surface area contributed by atoms with Crippen LogP contribution in [0.1, 0.15) is 0 Å². The maximum absolute atomic E-state index is 11.9. The van der Waals surface area contributed by atoms with Crippen LogP contribution in [0.15, 0.2) is 23.1 Å². The van der Waals surface area contributed by atoms with E-state index in [0.29, 0.717) is 0 Å². The monoisotopic (exact) mass is 275 g/mol. The minimum absolute atomic E-state index is 0.0186. The normalized spacial score (nSPS) is 11.4. The first-order valence-corrected chi connectivity index (χ1v) is 6.39. The highest BCUT2D eigenvalue weighted by Crippen LogP contribution is 2.25.